The normalized spacial score (nSPS) is 11.2. The van der Waals surface area contributed by atoms with Gasteiger partial charge in [-0.15, -0.1) is 0 Å². The van der Waals surface area contributed by atoms with Crippen molar-refractivity contribution in [1.29, 1.82) is 0 Å². The quantitative estimate of drug-likeness (QED) is 0.189. The van der Waals surface area contributed by atoms with E-state index in [1.165, 1.54) is 6.92 Å². The van der Waals surface area contributed by atoms with E-state index in [9.17, 15) is 9.59 Å². The molecular formula is C29H37N7O3. The molecule has 0 fully saturated rings. The highest BCUT2D eigenvalue weighted by atomic mass is 16.5. The first-order chi connectivity index (χ1) is 18.9. The third-order valence-electron chi connectivity index (χ3n) is 5.84. The molecule has 0 aliphatic carbocycles. The van der Waals surface area contributed by atoms with E-state index < -0.39 is 0 Å². The Kier molecular flexibility index (Phi) is 11.2. The Labute approximate surface area is 229 Å². The van der Waals surface area contributed by atoms with Crippen LogP contribution < -0.4 is 20.7 Å². The Bertz CT molecular complexity index is 1320. The fourth-order valence-corrected chi connectivity index (χ4v) is 3.81. The number of amides is 2. The number of aromatic amines is 1. The van der Waals surface area contributed by atoms with Gasteiger partial charge in [0, 0.05) is 43.5 Å². The number of rotatable bonds is 11. The summed E-state index contributed by atoms with van der Waals surface area (Å²) in [6.07, 6.45) is 7.73. The molecule has 2 amide bonds. The lowest BCUT2D eigenvalue weighted by Gasteiger charge is -2.17. The summed E-state index contributed by atoms with van der Waals surface area (Å²) < 4.78 is 6.16. The lowest BCUT2D eigenvalue weighted by Crippen LogP contribution is -2.18. The summed E-state index contributed by atoms with van der Waals surface area (Å²) >= 11 is 0. The van der Waals surface area contributed by atoms with Crippen LogP contribution in [-0.4, -0.2) is 44.6 Å². The van der Waals surface area contributed by atoms with Gasteiger partial charge < -0.3 is 20.7 Å². The second kappa shape index (κ2) is 15.1. The number of ether oxygens (including phenoxy) is 1. The number of anilines is 2. The van der Waals surface area contributed by atoms with Crippen LogP contribution in [0.25, 0.3) is 11.0 Å². The number of hydrogen-bond donors (Lipinski definition) is 4. The number of nitrogens with zero attached hydrogens (tertiary/aromatic N) is 3. The fraction of sp³-hybridized carbons (Fsp3) is 0.345. The molecule has 4 rings (SSSR count). The summed E-state index contributed by atoms with van der Waals surface area (Å²) in [5, 5.41) is 17.1. The summed E-state index contributed by atoms with van der Waals surface area (Å²) in [7, 11) is 0. The number of benzene rings is 1. The zero-order chi connectivity index (χ0) is 28.0. The van der Waals surface area contributed by atoms with Crippen molar-refractivity contribution in [3.05, 3.63) is 66.5 Å². The number of pyridine rings is 2. The van der Waals surface area contributed by atoms with Crippen LogP contribution in [0, 0.1) is 0 Å². The topological polar surface area (TPSA) is 134 Å². The van der Waals surface area contributed by atoms with Gasteiger partial charge in [0.15, 0.2) is 11.5 Å². The zero-order valence-corrected chi connectivity index (χ0v) is 23.0. The number of unbranched alkanes of at least 4 members (excludes halogenated alkanes) is 1. The minimum atomic E-state index is -0.231. The van der Waals surface area contributed by atoms with Crippen LogP contribution in [0.5, 0.6) is 11.5 Å². The highest BCUT2D eigenvalue weighted by Gasteiger charge is 2.16. The number of carbonyl (C=O) groups excluding carboxylic acids is 2. The number of hydrogen-bond acceptors (Lipinski definition) is 7. The fourth-order valence-electron chi connectivity index (χ4n) is 3.81. The van der Waals surface area contributed by atoms with E-state index in [0.717, 1.165) is 43.4 Å². The van der Waals surface area contributed by atoms with Gasteiger partial charge in [0.25, 0.3) is 5.91 Å². The average Bonchev–Trinajstić information content (AvgIpc) is 3.36. The van der Waals surface area contributed by atoms with E-state index in [4.69, 9.17) is 4.74 Å². The molecule has 0 radical (unpaired) electrons. The second-order valence-electron chi connectivity index (χ2n) is 8.88. The molecule has 3 heterocycles. The maximum Gasteiger partial charge on any atom is 0.256 e. The lowest BCUT2D eigenvalue weighted by molar-refractivity contribution is -0.118. The van der Waals surface area contributed by atoms with E-state index >= 15 is 0 Å². The molecule has 0 saturated heterocycles. The Balaban J connectivity index is 0.000000631. The number of H-pyrrole nitrogens is 1. The van der Waals surface area contributed by atoms with Gasteiger partial charge in [-0.1, -0.05) is 32.8 Å². The average molecular weight is 532 g/mol. The van der Waals surface area contributed by atoms with Crippen LogP contribution in [0.15, 0.2) is 60.9 Å². The summed E-state index contributed by atoms with van der Waals surface area (Å²) in [5.74, 6) is 2.31. The van der Waals surface area contributed by atoms with E-state index in [0.29, 0.717) is 34.6 Å². The largest absolute Gasteiger partial charge is 0.456 e. The Morgan fingerprint density at radius 1 is 1.00 bits per heavy atom. The molecule has 0 aliphatic rings. The van der Waals surface area contributed by atoms with Crippen molar-refractivity contribution >= 4 is 34.5 Å². The van der Waals surface area contributed by atoms with E-state index in [1.54, 1.807) is 48.8 Å². The molecule has 10 nitrogen and oxygen atoms in total. The Hall–Kier alpha value is -4.47. The minimum Gasteiger partial charge on any atom is -0.456 e. The van der Waals surface area contributed by atoms with Crippen molar-refractivity contribution in [3.8, 4) is 11.5 Å². The molecule has 10 heteroatoms. The van der Waals surface area contributed by atoms with Gasteiger partial charge in [0.1, 0.15) is 22.7 Å². The van der Waals surface area contributed by atoms with Gasteiger partial charge in [-0.25, -0.2) is 9.97 Å². The molecule has 1 unspecified atom stereocenters. The third kappa shape index (κ3) is 8.80. The van der Waals surface area contributed by atoms with Gasteiger partial charge in [0.2, 0.25) is 5.91 Å². The number of aromatic nitrogens is 4. The predicted molar refractivity (Wildman–Crippen MR) is 154 cm³/mol. The van der Waals surface area contributed by atoms with Crippen molar-refractivity contribution in [2.75, 3.05) is 17.2 Å². The number of fused-ring (bicyclic) bond motifs is 1. The molecule has 3 aromatic heterocycles. The van der Waals surface area contributed by atoms with Crippen molar-refractivity contribution in [1.82, 2.24) is 25.5 Å². The number of nitrogens with one attached hydrogen (secondary N) is 4. The molecule has 1 atom stereocenters. The summed E-state index contributed by atoms with van der Waals surface area (Å²) in [6.45, 7) is 8.49. The highest BCUT2D eigenvalue weighted by molar-refractivity contribution is 6.03. The monoisotopic (exact) mass is 531 g/mol. The van der Waals surface area contributed by atoms with Gasteiger partial charge in [-0.05, 0) is 56.2 Å². The van der Waals surface area contributed by atoms with Gasteiger partial charge in [0.05, 0.1) is 0 Å². The molecular weight excluding hydrogens is 494 g/mol. The first-order valence-electron chi connectivity index (χ1n) is 13.3. The molecule has 4 aromatic rings. The molecule has 0 aliphatic heterocycles. The molecule has 0 bridgehead atoms. The van der Waals surface area contributed by atoms with Gasteiger partial charge >= 0.3 is 0 Å². The maximum absolute atomic E-state index is 12.5. The number of carbonyl (C=O) groups is 2. The lowest BCUT2D eigenvalue weighted by atomic mass is 10.1. The Morgan fingerprint density at radius 3 is 2.41 bits per heavy atom. The molecule has 4 N–H and O–H groups in total. The van der Waals surface area contributed by atoms with Crippen LogP contribution in [0.4, 0.5) is 11.6 Å². The van der Waals surface area contributed by atoms with Crippen molar-refractivity contribution < 1.29 is 14.3 Å². The van der Waals surface area contributed by atoms with E-state index in [-0.39, 0.29) is 11.8 Å². The zero-order valence-electron chi connectivity index (χ0n) is 23.0. The third-order valence-corrected chi connectivity index (χ3v) is 5.84. The summed E-state index contributed by atoms with van der Waals surface area (Å²) in [6, 6.07) is 14.5. The molecule has 0 spiro atoms. The van der Waals surface area contributed by atoms with Crippen LogP contribution >= 0.6 is 0 Å². The van der Waals surface area contributed by atoms with Crippen LogP contribution in [0.1, 0.15) is 63.7 Å². The summed E-state index contributed by atoms with van der Waals surface area (Å²) in [4.78, 5) is 30.9. The smallest absolute Gasteiger partial charge is 0.256 e. The first kappa shape index (κ1) is 29.1. The minimum absolute atomic E-state index is 0.0394. The van der Waals surface area contributed by atoms with Crippen LogP contribution in [0.2, 0.25) is 0 Å². The van der Waals surface area contributed by atoms with Crippen molar-refractivity contribution in [2.24, 2.45) is 0 Å². The van der Waals surface area contributed by atoms with Crippen LogP contribution in [-0.2, 0) is 4.79 Å². The SMILES string of the molecule is CCCCC(CC)Nc1n[nH]c2nccc(Oc3ccc(C(=O)Nc4ccccn4)cc3)c12.CCNC(C)=O. The molecule has 206 valence electrons. The second-order valence-corrected chi connectivity index (χ2v) is 8.88. The molecule has 1 aromatic carbocycles. The van der Waals surface area contributed by atoms with E-state index in [2.05, 4.69) is 50.0 Å². The highest BCUT2D eigenvalue weighted by Crippen LogP contribution is 2.33. The predicted octanol–water partition coefficient (Wildman–Crippen LogP) is 5.92. The maximum atomic E-state index is 12.5. The first-order valence-corrected chi connectivity index (χ1v) is 13.3. The van der Waals surface area contributed by atoms with Gasteiger partial charge in [-0.2, -0.15) is 5.10 Å². The van der Waals surface area contributed by atoms with Gasteiger partial charge in [-0.3, -0.25) is 14.7 Å². The summed E-state index contributed by atoms with van der Waals surface area (Å²) in [5.41, 5.74) is 1.17. The van der Waals surface area contributed by atoms with Crippen molar-refractivity contribution in [3.63, 3.8) is 0 Å². The Morgan fingerprint density at radius 2 is 1.79 bits per heavy atom. The molecule has 0 saturated carbocycles. The molecule has 39 heavy (non-hydrogen) atoms. The van der Waals surface area contributed by atoms with E-state index in [1.807, 2.05) is 19.1 Å². The standard InChI is InChI=1S/C25H28N6O2.C4H9NO/c1-3-5-8-18(4-2)28-24-22-20(14-16-27-23(22)30-31-24)33-19-12-10-17(11-13-19)25(32)29-21-9-6-7-15-26-21;1-3-5-4(2)6/h6-7,9-16,18H,3-5,8H2,1-2H3,(H,26,29,32)(H2,27,28,30,31);3H2,1-2H3,(H,5,6). The van der Waals surface area contributed by atoms with Crippen LogP contribution in [0.3, 0.4) is 0 Å². The van der Waals surface area contributed by atoms with Crippen molar-refractivity contribution in [2.45, 2.75) is 59.4 Å².